The lowest BCUT2D eigenvalue weighted by molar-refractivity contribution is -0.0112. The number of hydrogen-bond acceptors (Lipinski definition) is 7. The van der Waals surface area contributed by atoms with Crippen molar-refractivity contribution in [2.75, 3.05) is 31.3 Å². The van der Waals surface area contributed by atoms with Crippen LogP contribution in [0, 0.1) is 12.7 Å². The van der Waals surface area contributed by atoms with Crippen LogP contribution >= 0.6 is 0 Å². The molecule has 8 nitrogen and oxygen atoms in total. The summed E-state index contributed by atoms with van der Waals surface area (Å²) >= 11 is 0. The number of fused-ring (bicyclic) bond motifs is 3. The molecule has 5 rings (SSSR count). The maximum atomic E-state index is 14.9. The van der Waals surface area contributed by atoms with Crippen molar-refractivity contribution in [1.29, 1.82) is 0 Å². The summed E-state index contributed by atoms with van der Waals surface area (Å²) in [7, 11) is -3.38. The van der Waals surface area contributed by atoms with Crippen molar-refractivity contribution in [2.45, 2.75) is 51.2 Å². The number of ether oxygens (including phenoxy) is 1. The zero-order chi connectivity index (χ0) is 27.4. The molecule has 2 aromatic carbocycles. The van der Waals surface area contributed by atoms with Gasteiger partial charge in [-0.05, 0) is 32.8 Å². The van der Waals surface area contributed by atoms with Gasteiger partial charge in [-0.1, -0.05) is 18.2 Å². The number of halogens is 3. The van der Waals surface area contributed by atoms with Crippen LogP contribution in [0.2, 0.25) is 0 Å². The Bertz CT molecular complexity index is 1510. The summed E-state index contributed by atoms with van der Waals surface area (Å²) in [6, 6.07) is 4.94. The summed E-state index contributed by atoms with van der Waals surface area (Å²) in [4.78, 5) is 9.15. The van der Waals surface area contributed by atoms with Gasteiger partial charge in [-0.2, -0.15) is 0 Å². The molecule has 3 heterocycles. The van der Waals surface area contributed by atoms with Crippen LogP contribution in [0.1, 0.15) is 60.3 Å². The largest absolute Gasteiger partial charge is 0.492 e. The van der Waals surface area contributed by atoms with E-state index in [9.17, 15) is 26.7 Å². The molecule has 0 radical (unpaired) electrons. The van der Waals surface area contributed by atoms with Crippen molar-refractivity contribution in [3.05, 3.63) is 58.2 Å². The number of benzene rings is 2. The highest BCUT2D eigenvalue weighted by atomic mass is 32.2. The number of sulfonamides is 1. The van der Waals surface area contributed by atoms with Crippen LogP contribution in [0.5, 0.6) is 5.75 Å². The average Bonchev–Trinajstić information content (AvgIpc) is 3.33. The Morgan fingerprint density at radius 2 is 1.87 bits per heavy atom. The molecule has 0 bridgehead atoms. The van der Waals surface area contributed by atoms with Gasteiger partial charge in [-0.15, -0.1) is 0 Å². The standard InChI is InChI=1S/C26H29F3N4O4S/c1-14(16-5-4-6-17(21(16)27)24(28)29)30-25-19-13-20(26(34)8-10-33(11-9-26)38(3,35)36)23-18(7-12-37-23)22(19)31-15(2)32-25/h4-6,13-14,24,34H,7-12H2,1-3H3,(H,30,31,32). The van der Waals surface area contributed by atoms with Crippen LogP contribution in [0.25, 0.3) is 10.9 Å². The van der Waals surface area contributed by atoms with Gasteiger partial charge in [0.05, 0.1) is 35.6 Å². The van der Waals surface area contributed by atoms with Crippen molar-refractivity contribution in [3.63, 3.8) is 0 Å². The summed E-state index contributed by atoms with van der Waals surface area (Å²) in [5.41, 5.74) is 0.0316. The molecule has 1 aromatic heterocycles. The van der Waals surface area contributed by atoms with Crippen molar-refractivity contribution in [2.24, 2.45) is 0 Å². The second-order valence-electron chi connectivity index (χ2n) is 9.96. The molecular formula is C26H29F3N4O4S. The average molecular weight is 551 g/mol. The summed E-state index contributed by atoms with van der Waals surface area (Å²) in [6.45, 7) is 4.10. The maximum absolute atomic E-state index is 14.9. The monoisotopic (exact) mass is 550 g/mol. The number of aryl methyl sites for hydroxylation is 1. The lowest BCUT2D eigenvalue weighted by Gasteiger charge is -2.38. The van der Waals surface area contributed by atoms with Crippen molar-refractivity contribution in [1.82, 2.24) is 14.3 Å². The molecule has 3 aromatic rings. The second-order valence-corrected chi connectivity index (χ2v) is 11.9. The maximum Gasteiger partial charge on any atom is 0.266 e. The van der Waals surface area contributed by atoms with Crippen LogP contribution in [0.15, 0.2) is 24.3 Å². The van der Waals surface area contributed by atoms with Crippen LogP contribution in [-0.4, -0.2) is 53.7 Å². The number of nitrogens with zero attached hydrogens (tertiary/aromatic N) is 3. The molecule has 12 heteroatoms. The summed E-state index contributed by atoms with van der Waals surface area (Å²) < 4.78 is 72.7. The number of piperidine rings is 1. The van der Waals surface area contributed by atoms with E-state index in [2.05, 4.69) is 15.3 Å². The van der Waals surface area contributed by atoms with Crippen molar-refractivity contribution >= 4 is 26.7 Å². The van der Waals surface area contributed by atoms with Gasteiger partial charge in [0.15, 0.2) is 0 Å². The van der Waals surface area contributed by atoms with E-state index in [4.69, 9.17) is 4.74 Å². The number of rotatable bonds is 6. The molecule has 1 saturated heterocycles. The van der Waals surface area contributed by atoms with Gasteiger partial charge >= 0.3 is 0 Å². The first-order valence-corrected chi connectivity index (χ1v) is 14.2. The molecular weight excluding hydrogens is 521 g/mol. The molecule has 204 valence electrons. The van der Waals surface area contributed by atoms with Gasteiger partial charge in [-0.3, -0.25) is 0 Å². The van der Waals surface area contributed by atoms with E-state index in [1.54, 1.807) is 19.9 Å². The Morgan fingerprint density at radius 3 is 2.53 bits per heavy atom. The van der Waals surface area contributed by atoms with E-state index in [0.717, 1.165) is 17.9 Å². The van der Waals surface area contributed by atoms with E-state index in [-0.39, 0.29) is 31.5 Å². The summed E-state index contributed by atoms with van der Waals surface area (Å²) in [5.74, 6) is 0.395. The van der Waals surface area contributed by atoms with Crippen LogP contribution in [0.3, 0.4) is 0 Å². The Kier molecular flexibility index (Phi) is 6.77. The molecule has 1 fully saturated rings. The minimum Gasteiger partial charge on any atom is -0.492 e. The van der Waals surface area contributed by atoms with Gasteiger partial charge in [-0.25, -0.2) is 35.9 Å². The van der Waals surface area contributed by atoms with Gasteiger partial charge in [0.25, 0.3) is 6.43 Å². The predicted molar refractivity (Wildman–Crippen MR) is 136 cm³/mol. The summed E-state index contributed by atoms with van der Waals surface area (Å²) in [6.07, 6.45) is -0.879. The molecule has 1 atom stereocenters. The highest BCUT2D eigenvalue weighted by Gasteiger charge is 2.41. The van der Waals surface area contributed by atoms with Crippen LogP contribution in [0.4, 0.5) is 19.0 Å². The number of alkyl halides is 2. The highest BCUT2D eigenvalue weighted by molar-refractivity contribution is 7.88. The van der Waals surface area contributed by atoms with Gasteiger partial charge < -0.3 is 15.2 Å². The van der Waals surface area contributed by atoms with Crippen molar-refractivity contribution in [3.8, 4) is 5.75 Å². The minimum absolute atomic E-state index is 0.0729. The first-order chi connectivity index (χ1) is 17.9. The fraction of sp³-hybridized carbons (Fsp3) is 0.462. The summed E-state index contributed by atoms with van der Waals surface area (Å²) in [5, 5.41) is 15.4. The third kappa shape index (κ3) is 4.69. The van der Waals surface area contributed by atoms with Gasteiger partial charge in [0.1, 0.15) is 23.2 Å². The van der Waals surface area contributed by atoms with E-state index in [1.165, 1.54) is 16.4 Å². The number of hydrogen-bond donors (Lipinski definition) is 2. The molecule has 0 aliphatic carbocycles. The Hall–Kier alpha value is -2.96. The topological polar surface area (TPSA) is 105 Å². The Labute approximate surface area is 218 Å². The quantitative estimate of drug-likeness (QED) is 0.470. The van der Waals surface area contributed by atoms with Gasteiger partial charge in [0.2, 0.25) is 10.0 Å². The predicted octanol–water partition coefficient (Wildman–Crippen LogP) is 4.37. The lowest BCUT2D eigenvalue weighted by Crippen LogP contribution is -2.44. The minimum atomic E-state index is -3.38. The molecule has 0 saturated carbocycles. The number of aliphatic hydroxyl groups is 1. The van der Waals surface area contributed by atoms with E-state index >= 15 is 0 Å². The molecule has 1 unspecified atom stereocenters. The normalized spacial score (nSPS) is 18.4. The number of anilines is 1. The van der Waals surface area contributed by atoms with Crippen molar-refractivity contribution < 1.29 is 31.4 Å². The number of nitrogens with one attached hydrogen (secondary N) is 1. The van der Waals surface area contributed by atoms with E-state index < -0.39 is 39.5 Å². The fourth-order valence-electron chi connectivity index (χ4n) is 5.35. The van der Waals surface area contributed by atoms with E-state index in [0.29, 0.717) is 46.9 Å². The molecule has 2 N–H and O–H groups in total. The fourth-order valence-corrected chi connectivity index (χ4v) is 6.19. The third-order valence-electron chi connectivity index (χ3n) is 7.38. The van der Waals surface area contributed by atoms with Gasteiger partial charge in [0, 0.05) is 41.6 Å². The van der Waals surface area contributed by atoms with Crippen LogP contribution in [-0.2, 0) is 22.0 Å². The lowest BCUT2D eigenvalue weighted by atomic mass is 9.82. The van der Waals surface area contributed by atoms with E-state index in [1.807, 2.05) is 0 Å². The SMILES string of the molecule is Cc1nc(NC(C)c2cccc(C(F)F)c2F)c2cc(C3(O)CCN(S(C)(=O)=O)CC3)c3c(c2n1)CCO3. The molecule has 38 heavy (non-hydrogen) atoms. The molecule has 2 aliphatic heterocycles. The second kappa shape index (κ2) is 9.65. The zero-order valence-electron chi connectivity index (χ0n) is 21.3. The Balaban J connectivity index is 1.58. The zero-order valence-corrected chi connectivity index (χ0v) is 22.1. The first-order valence-electron chi connectivity index (χ1n) is 12.4. The molecule has 0 amide bonds. The molecule has 2 aliphatic rings. The third-order valence-corrected chi connectivity index (χ3v) is 8.69. The number of aromatic nitrogens is 2. The smallest absolute Gasteiger partial charge is 0.266 e. The highest BCUT2D eigenvalue weighted by Crippen LogP contribution is 2.46. The van der Waals surface area contributed by atoms with Crippen LogP contribution < -0.4 is 10.1 Å². The Morgan fingerprint density at radius 1 is 1.18 bits per heavy atom. The molecule has 0 spiro atoms. The first kappa shape index (κ1) is 26.6.